The predicted octanol–water partition coefficient (Wildman–Crippen LogP) is 3.67. The molecule has 0 amide bonds. The first-order valence-corrected chi connectivity index (χ1v) is 7.48. The van der Waals surface area contributed by atoms with Gasteiger partial charge in [-0.15, -0.1) is 0 Å². The van der Waals surface area contributed by atoms with Crippen molar-refractivity contribution in [3.05, 3.63) is 64.2 Å². The highest BCUT2D eigenvalue weighted by Crippen LogP contribution is 2.12. The van der Waals surface area contributed by atoms with Gasteiger partial charge < -0.3 is 18.6 Å². The Morgan fingerprint density at radius 2 is 1.83 bits per heavy atom. The van der Waals surface area contributed by atoms with E-state index in [2.05, 4.69) is 0 Å². The van der Waals surface area contributed by atoms with Gasteiger partial charge in [0.2, 0.25) is 11.2 Å². The molecule has 0 atom stereocenters. The van der Waals surface area contributed by atoms with E-state index in [-0.39, 0.29) is 30.2 Å². The summed E-state index contributed by atoms with van der Waals surface area (Å²) in [6.07, 6.45) is 0.383. The maximum Gasteiger partial charge on any atom is 0.509 e. The van der Waals surface area contributed by atoms with Gasteiger partial charge >= 0.3 is 6.16 Å². The van der Waals surface area contributed by atoms with Crippen molar-refractivity contribution in [2.75, 3.05) is 0 Å². The van der Waals surface area contributed by atoms with Crippen LogP contribution in [0.1, 0.15) is 32.1 Å². The second-order valence-corrected chi connectivity index (χ2v) is 6.10. The fourth-order valence-electron chi connectivity index (χ4n) is 1.76. The summed E-state index contributed by atoms with van der Waals surface area (Å²) in [7, 11) is 0. The highest BCUT2D eigenvalue weighted by atomic mass is 16.7. The van der Waals surface area contributed by atoms with Crippen molar-refractivity contribution in [3.8, 4) is 5.75 Å². The molecular weight excluding hydrogens is 312 g/mol. The summed E-state index contributed by atoms with van der Waals surface area (Å²) in [6, 6.07) is 10.7. The molecule has 1 aromatic heterocycles. The Hall–Kier alpha value is -2.76. The van der Waals surface area contributed by atoms with Gasteiger partial charge in [-0.25, -0.2) is 4.79 Å². The van der Waals surface area contributed by atoms with Gasteiger partial charge in [0, 0.05) is 6.07 Å². The minimum Gasteiger partial charge on any atom is -0.482 e. The molecule has 0 fully saturated rings. The Bertz CT molecular complexity index is 727. The van der Waals surface area contributed by atoms with Gasteiger partial charge in [-0.05, 0) is 26.3 Å². The molecule has 2 aromatic rings. The van der Waals surface area contributed by atoms with Crippen molar-refractivity contribution in [3.63, 3.8) is 0 Å². The number of hydrogen-bond donors (Lipinski definition) is 0. The Balaban J connectivity index is 1.90. The van der Waals surface area contributed by atoms with Crippen molar-refractivity contribution in [2.45, 2.75) is 39.6 Å². The summed E-state index contributed by atoms with van der Waals surface area (Å²) in [6.45, 7) is 5.26. The molecule has 0 aliphatic carbocycles. The van der Waals surface area contributed by atoms with E-state index < -0.39 is 11.8 Å². The first-order valence-electron chi connectivity index (χ1n) is 7.48. The van der Waals surface area contributed by atoms with Crippen LogP contribution in [0, 0.1) is 0 Å². The van der Waals surface area contributed by atoms with Crippen LogP contribution < -0.4 is 10.2 Å². The average Bonchev–Trinajstić information content (AvgIpc) is 2.51. The normalized spacial score (nSPS) is 11.0. The number of rotatable bonds is 5. The van der Waals surface area contributed by atoms with Crippen molar-refractivity contribution in [1.82, 2.24) is 0 Å². The van der Waals surface area contributed by atoms with Gasteiger partial charge in [-0.3, -0.25) is 4.79 Å². The minimum absolute atomic E-state index is 0.0971. The Morgan fingerprint density at radius 3 is 2.46 bits per heavy atom. The summed E-state index contributed by atoms with van der Waals surface area (Å²) >= 11 is 0. The first kappa shape index (κ1) is 17.6. The molecule has 0 radical (unpaired) electrons. The lowest BCUT2D eigenvalue weighted by Crippen LogP contribution is -2.24. The molecule has 24 heavy (non-hydrogen) atoms. The van der Waals surface area contributed by atoms with E-state index >= 15 is 0 Å². The first-order chi connectivity index (χ1) is 11.3. The van der Waals surface area contributed by atoms with Crippen molar-refractivity contribution >= 4 is 6.16 Å². The summed E-state index contributed by atoms with van der Waals surface area (Å²) in [5, 5.41) is 0. The number of ether oxygens (including phenoxy) is 3. The van der Waals surface area contributed by atoms with Crippen LogP contribution in [0.5, 0.6) is 5.75 Å². The smallest absolute Gasteiger partial charge is 0.482 e. The van der Waals surface area contributed by atoms with E-state index in [0.29, 0.717) is 0 Å². The fourth-order valence-corrected chi connectivity index (χ4v) is 1.76. The largest absolute Gasteiger partial charge is 0.509 e. The molecule has 1 heterocycles. The van der Waals surface area contributed by atoms with E-state index in [1.165, 1.54) is 12.3 Å². The van der Waals surface area contributed by atoms with Gasteiger partial charge in [-0.1, -0.05) is 30.3 Å². The Kier molecular flexibility index (Phi) is 5.63. The number of carbonyl (C=O) groups excluding carboxylic acids is 1. The second-order valence-electron chi connectivity index (χ2n) is 6.10. The molecular formula is C18H20O6. The molecule has 0 unspecified atom stereocenters. The number of carbonyl (C=O) groups is 1. The standard InChI is InChI=1S/C18H20O6/c1-18(2,3)24-17(20)23-11-14-9-15(19)16(12-21-14)22-10-13-7-5-4-6-8-13/h4-9,12H,10-11H2,1-3H3. The van der Waals surface area contributed by atoms with Crippen molar-refractivity contribution in [1.29, 1.82) is 0 Å². The van der Waals surface area contributed by atoms with Crippen LogP contribution >= 0.6 is 0 Å². The van der Waals surface area contributed by atoms with E-state index in [1.807, 2.05) is 30.3 Å². The number of benzene rings is 1. The molecule has 0 bridgehead atoms. The van der Waals surface area contributed by atoms with E-state index in [0.717, 1.165) is 5.56 Å². The maximum atomic E-state index is 12.0. The molecule has 0 aliphatic heterocycles. The third-order valence-electron chi connectivity index (χ3n) is 2.81. The Morgan fingerprint density at radius 1 is 1.12 bits per heavy atom. The lowest BCUT2D eigenvalue weighted by Gasteiger charge is -2.18. The summed E-state index contributed by atoms with van der Waals surface area (Å²) < 4.78 is 20.6. The van der Waals surface area contributed by atoms with Gasteiger partial charge in [0.15, 0.2) is 6.61 Å². The monoisotopic (exact) mass is 332 g/mol. The third kappa shape index (κ3) is 5.79. The zero-order valence-corrected chi connectivity index (χ0v) is 13.9. The minimum atomic E-state index is -0.824. The van der Waals surface area contributed by atoms with E-state index in [4.69, 9.17) is 18.6 Å². The molecule has 0 N–H and O–H groups in total. The topological polar surface area (TPSA) is 75.0 Å². The predicted molar refractivity (Wildman–Crippen MR) is 86.8 cm³/mol. The SMILES string of the molecule is CC(C)(C)OC(=O)OCc1cc(=O)c(OCc2ccccc2)co1. The zero-order chi connectivity index (χ0) is 17.6. The molecule has 2 rings (SSSR count). The molecule has 0 saturated heterocycles. The quantitative estimate of drug-likeness (QED) is 0.778. The molecule has 6 heteroatoms. The fraction of sp³-hybridized carbons (Fsp3) is 0.333. The summed E-state index contributed by atoms with van der Waals surface area (Å²) in [5.41, 5.74) is -0.0539. The van der Waals surface area contributed by atoms with Crippen LogP contribution in [0.4, 0.5) is 4.79 Å². The van der Waals surface area contributed by atoms with Crippen molar-refractivity contribution in [2.24, 2.45) is 0 Å². The molecule has 0 aliphatic rings. The van der Waals surface area contributed by atoms with Crippen LogP contribution in [-0.2, 0) is 22.7 Å². The summed E-state index contributed by atoms with van der Waals surface area (Å²) in [5.74, 6) is 0.304. The van der Waals surface area contributed by atoms with E-state index in [9.17, 15) is 9.59 Å². The van der Waals surface area contributed by atoms with Crippen molar-refractivity contribution < 1.29 is 23.4 Å². The number of hydrogen-bond acceptors (Lipinski definition) is 6. The summed E-state index contributed by atoms with van der Waals surface area (Å²) in [4.78, 5) is 23.4. The van der Waals surface area contributed by atoms with Gasteiger partial charge in [0.1, 0.15) is 24.2 Å². The lowest BCUT2D eigenvalue weighted by atomic mass is 10.2. The van der Waals surface area contributed by atoms with Gasteiger partial charge in [0.05, 0.1) is 0 Å². The Labute approximate surface area is 140 Å². The molecule has 128 valence electrons. The van der Waals surface area contributed by atoms with Crippen LogP contribution in [0.2, 0.25) is 0 Å². The van der Waals surface area contributed by atoms with Gasteiger partial charge in [-0.2, -0.15) is 0 Å². The molecule has 6 nitrogen and oxygen atoms in total. The van der Waals surface area contributed by atoms with Crippen LogP contribution in [-0.4, -0.2) is 11.8 Å². The van der Waals surface area contributed by atoms with E-state index in [1.54, 1.807) is 20.8 Å². The molecule has 0 saturated carbocycles. The molecule has 1 aromatic carbocycles. The van der Waals surface area contributed by atoms with Crippen LogP contribution in [0.15, 0.2) is 51.9 Å². The maximum absolute atomic E-state index is 12.0. The van der Waals surface area contributed by atoms with Gasteiger partial charge in [0.25, 0.3) is 0 Å². The molecule has 0 spiro atoms. The second kappa shape index (κ2) is 7.68. The van der Waals surface area contributed by atoms with Crippen LogP contribution in [0.3, 0.4) is 0 Å². The highest BCUT2D eigenvalue weighted by Gasteiger charge is 2.18. The van der Waals surface area contributed by atoms with Crippen LogP contribution in [0.25, 0.3) is 0 Å². The average molecular weight is 332 g/mol. The zero-order valence-electron chi connectivity index (χ0n) is 13.9. The lowest BCUT2D eigenvalue weighted by molar-refractivity contribution is -0.0134. The third-order valence-corrected chi connectivity index (χ3v) is 2.81. The highest BCUT2D eigenvalue weighted by molar-refractivity contribution is 5.60.